The quantitative estimate of drug-likeness (QED) is 0.840. The summed E-state index contributed by atoms with van der Waals surface area (Å²) in [7, 11) is -3.38. The summed E-state index contributed by atoms with van der Waals surface area (Å²) in [5, 5.41) is 2.01. The van der Waals surface area contributed by atoms with Crippen LogP contribution in [0.2, 0.25) is 0 Å². The third kappa shape index (κ3) is 3.57. The first-order chi connectivity index (χ1) is 11.1. The van der Waals surface area contributed by atoms with Crippen molar-refractivity contribution >= 4 is 15.9 Å². The van der Waals surface area contributed by atoms with Gasteiger partial charge in [-0.2, -0.15) is 0 Å². The van der Waals surface area contributed by atoms with Crippen LogP contribution in [0.15, 0.2) is 30.3 Å². The first kappa shape index (κ1) is 18.7. The van der Waals surface area contributed by atoms with E-state index < -0.39 is 32.3 Å². The Hall–Kier alpha value is -1.60. The Morgan fingerprint density at radius 1 is 1.29 bits per heavy atom. The fourth-order valence-electron chi connectivity index (χ4n) is 3.18. The highest BCUT2D eigenvalue weighted by Gasteiger charge is 2.71. The third-order valence-corrected chi connectivity index (χ3v) is 6.55. The molecule has 1 aromatic rings. The summed E-state index contributed by atoms with van der Waals surface area (Å²) in [6.07, 6.45) is -0.650. The Balaban J connectivity index is 2.36. The number of ether oxygens (including phenoxy) is 1. The zero-order valence-electron chi connectivity index (χ0n) is 14.6. The summed E-state index contributed by atoms with van der Waals surface area (Å²) in [6.45, 7) is 6.89. The van der Waals surface area contributed by atoms with Crippen LogP contribution in [0.5, 0.6) is 0 Å². The van der Waals surface area contributed by atoms with Crippen molar-refractivity contribution in [3.05, 3.63) is 35.9 Å². The van der Waals surface area contributed by atoms with Crippen LogP contribution in [0.1, 0.15) is 39.2 Å². The molecule has 1 saturated carbocycles. The average Bonchev–Trinajstić information content (AvgIpc) is 3.16. The van der Waals surface area contributed by atoms with Crippen molar-refractivity contribution in [1.82, 2.24) is 5.32 Å². The second-order valence-corrected chi connectivity index (χ2v) is 9.54. The number of nitrogens with two attached hydrogens (primary N) is 1. The van der Waals surface area contributed by atoms with E-state index >= 15 is 0 Å². The highest BCUT2D eigenvalue weighted by atomic mass is 32.2. The molecule has 3 N–H and O–H groups in total. The molecule has 1 aliphatic rings. The molecule has 1 amide bonds. The second-order valence-electron chi connectivity index (χ2n) is 7.13. The van der Waals surface area contributed by atoms with Gasteiger partial charge in [0.25, 0.3) is 0 Å². The van der Waals surface area contributed by atoms with Gasteiger partial charge in [0.1, 0.15) is 5.60 Å². The van der Waals surface area contributed by atoms with Crippen molar-refractivity contribution in [1.29, 1.82) is 0 Å². The molecule has 0 heterocycles. The van der Waals surface area contributed by atoms with E-state index in [2.05, 4.69) is 5.32 Å². The normalized spacial score (nSPS) is 26.7. The van der Waals surface area contributed by atoms with Gasteiger partial charge >= 0.3 is 6.09 Å². The van der Waals surface area contributed by atoms with E-state index in [-0.39, 0.29) is 18.2 Å². The number of nitrogens with one attached hydrogen (secondary N) is 1. The lowest BCUT2D eigenvalue weighted by molar-refractivity contribution is 0.0497. The standard InChI is InChI=1S/C17H26N2O4S/c1-5-24(21,22)14-13(12-9-7-6-8-10-12)17(14,11-18)19-15(20)23-16(2,3)4/h6-10,13-14H,5,11,18H2,1-4H3,(H,19,20)/t13-,14-,17+/m0/s1. The summed E-state index contributed by atoms with van der Waals surface area (Å²) in [6, 6.07) is 9.27. The van der Waals surface area contributed by atoms with Crippen LogP contribution in [0.25, 0.3) is 0 Å². The largest absolute Gasteiger partial charge is 0.444 e. The number of alkyl carbamates (subject to hydrolysis) is 1. The Morgan fingerprint density at radius 2 is 1.88 bits per heavy atom. The molecule has 0 radical (unpaired) electrons. The summed E-state index contributed by atoms with van der Waals surface area (Å²) in [4.78, 5) is 12.2. The summed E-state index contributed by atoms with van der Waals surface area (Å²) >= 11 is 0. The zero-order valence-corrected chi connectivity index (χ0v) is 15.4. The molecule has 0 spiro atoms. The van der Waals surface area contributed by atoms with Gasteiger partial charge in [-0.15, -0.1) is 0 Å². The summed E-state index contributed by atoms with van der Waals surface area (Å²) in [5.41, 5.74) is 5.06. The lowest BCUT2D eigenvalue weighted by atomic mass is 10.1. The van der Waals surface area contributed by atoms with Gasteiger partial charge in [-0.3, -0.25) is 0 Å². The van der Waals surface area contributed by atoms with Crippen LogP contribution in [0.4, 0.5) is 4.79 Å². The van der Waals surface area contributed by atoms with Crippen LogP contribution in [0.3, 0.4) is 0 Å². The number of amides is 1. The van der Waals surface area contributed by atoms with Crippen LogP contribution in [0, 0.1) is 0 Å². The van der Waals surface area contributed by atoms with E-state index in [4.69, 9.17) is 10.5 Å². The van der Waals surface area contributed by atoms with E-state index in [1.165, 1.54) is 0 Å². The van der Waals surface area contributed by atoms with Gasteiger partial charge in [-0.25, -0.2) is 13.2 Å². The fourth-order valence-corrected chi connectivity index (χ4v) is 5.22. The zero-order chi connectivity index (χ0) is 18.2. The minimum absolute atomic E-state index is 0.00124. The molecule has 2 rings (SSSR count). The van der Waals surface area contributed by atoms with E-state index in [9.17, 15) is 13.2 Å². The molecule has 1 fully saturated rings. The van der Waals surface area contributed by atoms with Crippen molar-refractivity contribution in [3.8, 4) is 0 Å². The number of carbonyl (C=O) groups is 1. The molecule has 0 bridgehead atoms. The Kier molecular flexibility index (Phi) is 4.97. The first-order valence-electron chi connectivity index (χ1n) is 8.05. The minimum atomic E-state index is -3.38. The van der Waals surface area contributed by atoms with Crippen LogP contribution < -0.4 is 11.1 Å². The van der Waals surface area contributed by atoms with Crippen molar-refractivity contribution in [2.24, 2.45) is 5.73 Å². The van der Waals surface area contributed by atoms with E-state index in [0.29, 0.717) is 0 Å². The topological polar surface area (TPSA) is 98.5 Å². The molecular weight excluding hydrogens is 328 g/mol. The molecule has 24 heavy (non-hydrogen) atoms. The van der Waals surface area contributed by atoms with Gasteiger partial charge in [0.05, 0.1) is 10.8 Å². The molecule has 6 nitrogen and oxygen atoms in total. The van der Waals surface area contributed by atoms with E-state index in [1.807, 2.05) is 30.3 Å². The Morgan fingerprint density at radius 3 is 2.33 bits per heavy atom. The molecule has 0 aliphatic heterocycles. The number of hydrogen-bond donors (Lipinski definition) is 2. The van der Waals surface area contributed by atoms with Crippen LogP contribution in [-0.4, -0.2) is 43.2 Å². The molecule has 3 atom stereocenters. The number of carbonyl (C=O) groups excluding carboxylic acids is 1. The summed E-state index contributed by atoms with van der Waals surface area (Å²) < 4.78 is 30.4. The maximum Gasteiger partial charge on any atom is 0.408 e. The van der Waals surface area contributed by atoms with Crippen molar-refractivity contribution < 1.29 is 17.9 Å². The molecule has 0 saturated heterocycles. The first-order valence-corrected chi connectivity index (χ1v) is 9.76. The van der Waals surface area contributed by atoms with Gasteiger partial charge < -0.3 is 15.8 Å². The molecule has 1 aromatic carbocycles. The Labute approximate surface area is 143 Å². The Bertz CT molecular complexity index is 697. The highest BCUT2D eigenvalue weighted by molar-refractivity contribution is 7.92. The lowest BCUT2D eigenvalue weighted by Crippen LogP contribution is -2.49. The maximum absolute atomic E-state index is 12.5. The lowest BCUT2D eigenvalue weighted by Gasteiger charge is -2.24. The predicted octanol–water partition coefficient (Wildman–Crippen LogP) is 1.81. The predicted molar refractivity (Wildman–Crippen MR) is 93.6 cm³/mol. The fraction of sp³-hybridized carbons (Fsp3) is 0.588. The SMILES string of the molecule is CCS(=O)(=O)[C@H]1[C@H](c2ccccc2)[C@@]1(CN)NC(=O)OC(C)(C)C. The monoisotopic (exact) mass is 354 g/mol. The highest BCUT2D eigenvalue weighted by Crippen LogP contribution is 2.55. The van der Waals surface area contributed by atoms with E-state index in [1.54, 1.807) is 27.7 Å². The minimum Gasteiger partial charge on any atom is -0.444 e. The molecule has 0 unspecified atom stereocenters. The molecule has 0 aromatic heterocycles. The molecule has 134 valence electrons. The van der Waals surface area contributed by atoms with Crippen LogP contribution >= 0.6 is 0 Å². The van der Waals surface area contributed by atoms with E-state index in [0.717, 1.165) is 5.56 Å². The second kappa shape index (κ2) is 6.37. The van der Waals surface area contributed by atoms with Crippen molar-refractivity contribution in [3.63, 3.8) is 0 Å². The maximum atomic E-state index is 12.5. The van der Waals surface area contributed by atoms with Gasteiger partial charge in [-0.1, -0.05) is 37.3 Å². The third-order valence-electron chi connectivity index (χ3n) is 4.28. The van der Waals surface area contributed by atoms with Gasteiger partial charge in [0.15, 0.2) is 9.84 Å². The van der Waals surface area contributed by atoms with Gasteiger partial charge in [0.2, 0.25) is 0 Å². The van der Waals surface area contributed by atoms with Gasteiger partial charge in [-0.05, 0) is 26.3 Å². The molecule has 7 heteroatoms. The van der Waals surface area contributed by atoms with Crippen molar-refractivity contribution in [2.75, 3.05) is 12.3 Å². The molecular formula is C17H26N2O4S. The van der Waals surface area contributed by atoms with Crippen molar-refractivity contribution in [2.45, 2.75) is 50.0 Å². The average molecular weight is 354 g/mol. The smallest absolute Gasteiger partial charge is 0.408 e. The van der Waals surface area contributed by atoms with Crippen LogP contribution in [-0.2, 0) is 14.6 Å². The number of sulfone groups is 1. The summed E-state index contributed by atoms with van der Waals surface area (Å²) in [5.74, 6) is -0.375. The molecule has 1 aliphatic carbocycles. The number of hydrogen-bond acceptors (Lipinski definition) is 5. The number of rotatable bonds is 5. The van der Waals surface area contributed by atoms with Gasteiger partial charge in [0, 0.05) is 18.2 Å². The number of benzene rings is 1.